The normalized spacial score (nSPS) is 11.1. The Hall–Kier alpha value is -0.780. The van der Waals surface area contributed by atoms with Gasteiger partial charge in [-0.25, -0.2) is 0 Å². The molecule has 0 heterocycles. The van der Waals surface area contributed by atoms with Gasteiger partial charge in [0.1, 0.15) is 0 Å². The second-order valence-corrected chi connectivity index (χ2v) is 9.37. The van der Waals surface area contributed by atoms with Crippen molar-refractivity contribution in [3.8, 4) is 0 Å². The average molecular weight is 337 g/mol. The standard InChI is InChI=1S/C16H26.C5H12.C2H6.CH4/c1-11(2)13-9-8-10-14(12(3)4)15(13)16(5,6)7;1-5(2,3)4;1-2;/h8-12H,1-7H3;1-4H3;1-2H3;1H4. The van der Waals surface area contributed by atoms with E-state index in [0.717, 1.165) is 0 Å². The van der Waals surface area contributed by atoms with Gasteiger partial charge in [-0.1, -0.05) is 116 Å². The third-order valence-corrected chi connectivity index (χ3v) is 3.12. The topological polar surface area (TPSA) is 0 Å². The smallest absolute Gasteiger partial charge is 0.0126 e. The summed E-state index contributed by atoms with van der Waals surface area (Å²) < 4.78 is 0. The van der Waals surface area contributed by atoms with E-state index in [0.29, 0.717) is 17.3 Å². The summed E-state index contributed by atoms with van der Waals surface area (Å²) in [6.45, 7) is 28.9. The summed E-state index contributed by atoms with van der Waals surface area (Å²) in [7, 11) is 0. The molecular weight excluding hydrogens is 288 g/mol. The molecule has 0 unspecified atom stereocenters. The van der Waals surface area contributed by atoms with Crippen LogP contribution in [0.3, 0.4) is 0 Å². The Balaban J connectivity index is -0.000000474. The van der Waals surface area contributed by atoms with E-state index in [-0.39, 0.29) is 12.8 Å². The second kappa shape index (κ2) is 11.7. The predicted molar refractivity (Wildman–Crippen MR) is 117 cm³/mol. The average Bonchev–Trinajstić information content (AvgIpc) is 2.37. The van der Waals surface area contributed by atoms with Gasteiger partial charge in [-0.15, -0.1) is 0 Å². The SMILES string of the molecule is C.CC.CC(C)(C)C.CC(C)c1cccc(C(C)C)c1C(C)(C)C. The summed E-state index contributed by atoms with van der Waals surface area (Å²) >= 11 is 0. The van der Waals surface area contributed by atoms with Crippen LogP contribution in [0.2, 0.25) is 0 Å². The highest BCUT2D eigenvalue weighted by atomic mass is 14.3. The first-order valence-electron chi connectivity index (χ1n) is 9.38. The fourth-order valence-electron chi connectivity index (χ4n) is 2.42. The summed E-state index contributed by atoms with van der Waals surface area (Å²) in [5.41, 5.74) is 5.32. The highest BCUT2D eigenvalue weighted by Crippen LogP contribution is 2.36. The lowest BCUT2D eigenvalue weighted by Gasteiger charge is -2.29. The van der Waals surface area contributed by atoms with Crippen molar-refractivity contribution in [2.24, 2.45) is 5.41 Å². The van der Waals surface area contributed by atoms with Crippen LogP contribution in [0.1, 0.15) is 126 Å². The maximum Gasteiger partial charge on any atom is -0.0126 e. The van der Waals surface area contributed by atoms with Gasteiger partial charge in [0.05, 0.1) is 0 Å². The van der Waals surface area contributed by atoms with Crippen LogP contribution in [0.4, 0.5) is 0 Å². The Kier molecular flexibility index (Phi) is 13.7. The highest BCUT2D eigenvalue weighted by Gasteiger charge is 2.23. The van der Waals surface area contributed by atoms with E-state index >= 15 is 0 Å². The molecule has 0 N–H and O–H groups in total. The van der Waals surface area contributed by atoms with Gasteiger partial charge in [-0.3, -0.25) is 0 Å². The minimum absolute atomic E-state index is 0. The molecule has 0 amide bonds. The highest BCUT2D eigenvalue weighted by molar-refractivity contribution is 5.43. The molecule has 0 bridgehead atoms. The molecule has 1 aromatic rings. The van der Waals surface area contributed by atoms with E-state index in [2.05, 4.69) is 94.4 Å². The lowest BCUT2D eigenvalue weighted by atomic mass is 9.75. The molecule has 0 heteroatoms. The van der Waals surface area contributed by atoms with Crippen LogP contribution in [0.25, 0.3) is 0 Å². The van der Waals surface area contributed by atoms with E-state index in [1.807, 2.05) is 13.8 Å². The van der Waals surface area contributed by atoms with Crippen LogP contribution in [0.15, 0.2) is 18.2 Å². The molecule has 0 saturated carbocycles. The summed E-state index contributed by atoms with van der Waals surface area (Å²) in [4.78, 5) is 0. The van der Waals surface area contributed by atoms with Crippen molar-refractivity contribution in [1.82, 2.24) is 0 Å². The van der Waals surface area contributed by atoms with Crippen LogP contribution >= 0.6 is 0 Å². The fraction of sp³-hybridized carbons (Fsp3) is 0.750. The molecule has 0 aliphatic heterocycles. The van der Waals surface area contributed by atoms with Gasteiger partial charge in [0.15, 0.2) is 0 Å². The van der Waals surface area contributed by atoms with E-state index in [9.17, 15) is 0 Å². The summed E-state index contributed by atoms with van der Waals surface area (Å²) in [6, 6.07) is 6.79. The fourth-order valence-corrected chi connectivity index (χ4v) is 2.42. The van der Waals surface area contributed by atoms with Crippen molar-refractivity contribution in [3.63, 3.8) is 0 Å². The molecule has 0 radical (unpaired) electrons. The summed E-state index contributed by atoms with van der Waals surface area (Å²) in [6.07, 6.45) is 0. The zero-order valence-corrected chi connectivity index (χ0v) is 18.4. The van der Waals surface area contributed by atoms with Crippen molar-refractivity contribution in [3.05, 3.63) is 34.9 Å². The van der Waals surface area contributed by atoms with Gasteiger partial charge in [0, 0.05) is 0 Å². The minimum atomic E-state index is 0. The number of benzene rings is 1. The van der Waals surface area contributed by atoms with E-state index in [1.165, 1.54) is 11.1 Å². The van der Waals surface area contributed by atoms with Crippen molar-refractivity contribution >= 4 is 0 Å². The molecule has 0 saturated heterocycles. The molecule has 0 aromatic heterocycles. The third kappa shape index (κ3) is 11.7. The second-order valence-electron chi connectivity index (χ2n) is 9.37. The first-order valence-corrected chi connectivity index (χ1v) is 9.38. The number of hydrogen-bond acceptors (Lipinski definition) is 0. The van der Waals surface area contributed by atoms with Crippen LogP contribution in [0, 0.1) is 5.41 Å². The molecule has 0 aliphatic rings. The zero-order valence-electron chi connectivity index (χ0n) is 18.4. The molecule has 1 rings (SSSR count). The van der Waals surface area contributed by atoms with Gasteiger partial charge >= 0.3 is 0 Å². The quantitative estimate of drug-likeness (QED) is 0.505. The molecule has 0 aliphatic carbocycles. The van der Waals surface area contributed by atoms with Gasteiger partial charge in [0.25, 0.3) is 0 Å². The minimum Gasteiger partial charge on any atom is -0.0776 e. The Morgan fingerprint density at radius 3 is 1.08 bits per heavy atom. The van der Waals surface area contributed by atoms with E-state index in [4.69, 9.17) is 0 Å². The van der Waals surface area contributed by atoms with Crippen LogP contribution in [-0.4, -0.2) is 0 Å². The maximum atomic E-state index is 2.32. The summed E-state index contributed by atoms with van der Waals surface area (Å²) in [5.74, 6) is 1.21. The monoisotopic (exact) mass is 336 g/mol. The Morgan fingerprint density at radius 1 is 0.667 bits per heavy atom. The lowest BCUT2D eigenvalue weighted by molar-refractivity contribution is 0.469. The third-order valence-electron chi connectivity index (χ3n) is 3.12. The zero-order chi connectivity index (χ0) is 19.0. The van der Waals surface area contributed by atoms with E-state index in [1.54, 1.807) is 5.56 Å². The van der Waals surface area contributed by atoms with Crippen molar-refractivity contribution in [2.75, 3.05) is 0 Å². The van der Waals surface area contributed by atoms with E-state index < -0.39 is 0 Å². The molecule has 144 valence electrons. The van der Waals surface area contributed by atoms with Crippen LogP contribution in [0.5, 0.6) is 0 Å². The number of hydrogen-bond donors (Lipinski definition) is 0. The molecular formula is C24H48. The van der Waals surface area contributed by atoms with Gasteiger partial charge in [-0.05, 0) is 39.4 Å². The largest absolute Gasteiger partial charge is 0.0776 e. The van der Waals surface area contributed by atoms with Gasteiger partial charge in [0.2, 0.25) is 0 Å². The molecule has 0 fully saturated rings. The Bertz CT molecular complexity index is 390. The van der Waals surface area contributed by atoms with Gasteiger partial charge in [-0.2, -0.15) is 0 Å². The molecule has 24 heavy (non-hydrogen) atoms. The summed E-state index contributed by atoms with van der Waals surface area (Å²) in [5, 5.41) is 0. The lowest BCUT2D eigenvalue weighted by Crippen LogP contribution is -2.18. The van der Waals surface area contributed by atoms with Crippen LogP contribution < -0.4 is 0 Å². The van der Waals surface area contributed by atoms with Crippen molar-refractivity contribution < 1.29 is 0 Å². The molecule has 0 atom stereocenters. The molecule has 0 spiro atoms. The first kappa shape index (κ1) is 28.0. The first-order chi connectivity index (χ1) is 10.2. The number of rotatable bonds is 2. The Morgan fingerprint density at radius 2 is 0.917 bits per heavy atom. The molecule has 0 nitrogen and oxygen atoms in total. The molecule has 1 aromatic carbocycles. The predicted octanol–water partition coefficient (Wildman–Crippen LogP) is 8.95. The van der Waals surface area contributed by atoms with Crippen LogP contribution in [-0.2, 0) is 5.41 Å². The van der Waals surface area contributed by atoms with Crippen molar-refractivity contribution in [1.29, 1.82) is 0 Å². The maximum absolute atomic E-state index is 2.32. The van der Waals surface area contributed by atoms with Gasteiger partial charge < -0.3 is 0 Å². The van der Waals surface area contributed by atoms with Crippen molar-refractivity contribution in [2.45, 2.75) is 115 Å². The Labute approximate surface area is 155 Å².